The van der Waals surface area contributed by atoms with E-state index in [9.17, 15) is 8.42 Å². The third-order valence-corrected chi connectivity index (χ3v) is 4.73. The predicted octanol–water partition coefficient (Wildman–Crippen LogP) is 2.14. The van der Waals surface area contributed by atoms with Crippen LogP contribution in [0.2, 0.25) is 5.02 Å². The monoisotopic (exact) mass is 288 g/mol. The van der Waals surface area contributed by atoms with Gasteiger partial charge < -0.3 is 5.32 Å². The maximum Gasteiger partial charge on any atom is 0.234 e. The van der Waals surface area contributed by atoms with E-state index >= 15 is 0 Å². The Labute approximate surface area is 113 Å². The van der Waals surface area contributed by atoms with Crippen LogP contribution in [-0.2, 0) is 10.0 Å². The van der Waals surface area contributed by atoms with Crippen LogP contribution in [0.4, 0.5) is 5.69 Å². The number of halogens is 1. The molecule has 1 atom stereocenters. The lowest BCUT2D eigenvalue weighted by molar-refractivity contribution is 0.581. The van der Waals surface area contributed by atoms with E-state index in [-0.39, 0.29) is 11.8 Å². The molecule has 0 aliphatic carbocycles. The number of aryl methyl sites for hydroxylation is 1. The lowest BCUT2D eigenvalue weighted by Crippen LogP contribution is -2.33. The molecule has 18 heavy (non-hydrogen) atoms. The first-order valence-electron chi connectivity index (χ1n) is 5.97. The molecular weight excluding hydrogens is 272 g/mol. The molecular formula is C12H17ClN2O2S. The number of para-hydroxylation sites is 1. The molecule has 0 bridgehead atoms. The van der Waals surface area contributed by atoms with Crippen molar-refractivity contribution in [2.45, 2.75) is 25.8 Å². The Bertz CT molecular complexity index is 505. The van der Waals surface area contributed by atoms with Crippen molar-refractivity contribution in [3.8, 4) is 0 Å². The zero-order valence-electron chi connectivity index (χ0n) is 10.2. The number of hydrogen-bond donors (Lipinski definition) is 2. The van der Waals surface area contributed by atoms with Gasteiger partial charge in [-0.3, -0.25) is 4.72 Å². The second kappa shape index (κ2) is 5.47. The van der Waals surface area contributed by atoms with Gasteiger partial charge in [0.05, 0.1) is 16.5 Å². The van der Waals surface area contributed by atoms with Gasteiger partial charge >= 0.3 is 0 Å². The van der Waals surface area contributed by atoms with Gasteiger partial charge in [0.15, 0.2) is 0 Å². The quantitative estimate of drug-likeness (QED) is 0.892. The molecule has 1 aromatic carbocycles. The van der Waals surface area contributed by atoms with E-state index in [1.165, 1.54) is 0 Å². The average molecular weight is 289 g/mol. The molecule has 1 fully saturated rings. The molecule has 1 aliphatic heterocycles. The zero-order valence-corrected chi connectivity index (χ0v) is 11.8. The van der Waals surface area contributed by atoms with Gasteiger partial charge in [-0.1, -0.05) is 23.7 Å². The zero-order chi connectivity index (χ0) is 13.2. The van der Waals surface area contributed by atoms with E-state index in [1.54, 1.807) is 12.1 Å². The summed E-state index contributed by atoms with van der Waals surface area (Å²) in [5.74, 6) is 0.0949. The topological polar surface area (TPSA) is 58.2 Å². The van der Waals surface area contributed by atoms with Crippen molar-refractivity contribution < 1.29 is 8.42 Å². The second-order valence-corrected chi connectivity index (χ2v) is 6.78. The van der Waals surface area contributed by atoms with Crippen molar-refractivity contribution in [3.63, 3.8) is 0 Å². The Morgan fingerprint density at radius 1 is 1.50 bits per heavy atom. The lowest BCUT2D eigenvalue weighted by Gasteiger charge is -2.15. The molecule has 1 saturated heterocycles. The standard InChI is InChI=1S/C12H17ClN2O2S/c1-9-4-2-6-11(13)12(9)15-18(16,17)8-10-5-3-7-14-10/h2,4,6,10,14-15H,3,5,7-8H2,1H3. The van der Waals surface area contributed by atoms with Gasteiger partial charge in [0.1, 0.15) is 0 Å². The molecule has 1 aliphatic rings. The summed E-state index contributed by atoms with van der Waals surface area (Å²) in [6.07, 6.45) is 1.94. The molecule has 1 heterocycles. The third-order valence-electron chi connectivity index (χ3n) is 3.06. The fourth-order valence-corrected chi connectivity index (χ4v) is 3.93. The summed E-state index contributed by atoms with van der Waals surface area (Å²) in [7, 11) is -3.36. The van der Waals surface area contributed by atoms with Crippen molar-refractivity contribution >= 4 is 27.3 Å². The van der Waals surface area contributed by atoms with Gasteiger partial charge in [0, 0.05) is 6.04 Å². The highest BCUT2D eigenvalue weighted by atomic mass is 35.5. The summed E-state index contributed by atoms with van der Waals surface area (Å²) < 4.78 is 26.7. The Balaban J connectivity index is 2.12. The van der Waals surface area contributed by atoms with Crippen molar-refractivity contribution in [2.24, 2.45) is 0 Å². The lowest BCUT2D eigenvalue weighted by atomic mass is 10.2. The molecule has 1 aromatic rings. The minimum absolute atomic E-state index is 0.0466. The van der Waals surface area contributed by atoms with Gasteiger partial charge in [0.25, 0.3) is 0 Å². The molecule has 1 unspecified atom stereocenters. The van der Waals surface area contributed by atoms with E-state index in [0.717, 1.165) is 24.9 Å². The summed E-state index contributed by atoms with van der Waals surface area (Å²) >= 11 is 6.01. The van der Waals surface area contributed by atoms with Gasteiger partial charge in [-0.05, 0) is 37.9 Å². The first-order valence-corrected chi connectivity index (χ1v) is 8.00. The van der Waals surface area contributed by atoms with Crippen molar-refractivity contribution in [1.82, 2.24) is 5.32 Å². The smallest absolute Gasteiger partial charge is 0.234 e. The molecule has 0 radical (unpaired) electrons. The summed E-state index contributed by atoms with van der Waals surface area (Å²) in [5.41, 5.74) is 1.31. The van der Waals surface area contributed by atoms with E-state index < -0.39 is 10.0 Å². The minimum atomic E-state index is -3.36. The third kappa shape index (κ3) is 3.37. The minimum Gasteiger partial charge on any atom is -0.313 e. The molecule has 0 saturated carbocycles. The normalized spacial score (nSPS) is 20.0. The molecule has 2 rings (SSSR count). The van der Waals surface area contributed by atoms with Crippen LogP contribution in [0.1, 0.15) is 18.4 Å². The van der Waals surface area contributed by atoms with Crippen LogP contribution in [0, 0.1) is 6.92 Å². The second-order valence-electron chi connectivity index (χ2n) is 4.61. The molecule has 0 aromatic heterocycles. The number of rotatable bonds is 4. The van der Waals surface area contributed by atoms with Crippen molar-refractivity contribution in [2.75, 3.05) is 17.0 Å². The highest BCUT2D eigenvalue weighted by molar-refractivity contribution is 7.92. The molecule has 2 N–H and O–H groups in total. The molecule has 0 spiro atoms. The largest absolute Gasteiger partial charge is 0.313 e. The Morgan fingerprint density at radius 2 is 2.28 bits per heavy atom. The summed E-state index contributed by atoms with van der Waals surface area (Å²) in [6.45, 7) is 2.73. The van der Waals surface area contributed by atoms with Crippen molar-refractivity contribution in [3.05, 3.63) is 28.8 Å². The van der Waals surface area contributed by atoms with Crippen LogP contribution in [0.5, 0.6) is 0 Å². The Hall–Kier alpha value is -0.780. The average Bonchev–Trinajstić information content (AvgIpc) is 2.75. The van der Waals surface area contributed by atoms with Crippen LogP contribution in [-0.4, -0.2) is 26.8 Å². The summed E-state index contributed by atoms with van der Waals surface area (Å²) in [4.78, 5) is 0. The highest BCUT2D eigenvalue weighted by Gasteiger charge is 2.22. The van der Waals surface area contributed by atoms with Crippen LogP contribution in [0.3, 0.4) is 0 Å². The van der Waals surface area contributed by atoms with Crippen LogP contribution in [0.15, 0.2) is 18.2 Å². The van der Waals surface area contributed by atoms with Gasteiger partial charge in [-0.25, -0.2) is 8.42 Å². The van der Waals surface area contributed by atoms with Crippen LogP contribution >= 0.6 is 11.6 Å². The first-order chi connectivity index (χ1) is 8.48. The molecule has 100 valence electrons. The van der Waals surface area contributed by atoms with E-state index in [1.807, 2.05) is 13.0 Å². The van der Waals surface area contributed by atoms with E-state index in [4.69, 9.17) is 11.6 Å². The number of nitrogens with one attached hydrogen (secondary N) is 2. The fraction of sp³-hybridized carbons (Fsp3) is 0.500. The molecule has 4 nitrogen and oxygen atoms in total. The van der Waals surface area contributed by atoms with Crippen LogP contribution in [0.25, 0.3) is 0 Å². The molecule has 6 heteroatoms. The maximum absolute atomic E-state index is 12.1. The highest BCUT2D eigenvalue weighted by Crippen LogP contribution is 2.26. The maximum atomic E-state index is 12.1. The van der Waals surface area contributed by atoms with Gasteiger partial charge in [0.2, 0.25) is 10.0 Å². The summed E-state index contributed by atoms with van der Waals surface area (Å²) in [5, 5.41) is 3.60. The Kier molecular flexibility index (Phi) is 4.14. The number of hydrogen-bond acceptors (Lipinski definition) is 3. The van der Waals surface area contributed by atoms with E-state index in [2.05, 4.69) is 10.0 Å². The van der Waals surface area contributed by atoms with Gasteiger partial charge in [-0.2, -0.15) is 0 Å². The van der Waals surface area contributed by atoms with Gasteiger partial charge in [-0.15, -0.1) is 0 Å². The number of benzene rings is 1. The number of sulfonamides is 1. The SMILES string of the molecule is Cc1cccc(Cl)c1NS(=O)(=O)CC1CCCN1. The predicted molar refractivity (Wildman–Crippen MR) is 74.6 cm³/mol. The van der Waals surface area contributed by atoms with Crippen molar-refractivity contribution in [1.29, 1.82) is 0 Å². The summed E-state index contributed by atoms with van der Waals surface area (Å²) in [6, 6.07) is 5.36. The van der Waals surface area contributed by atoms with Crippen LogP contribution < -0.4 is 10.0 Å². The first kappa shape index (κ1) is 13.6. The fourth-order valence-electron chi connectivity index (χ4n) is 2.12. The Morgan fingerprint density at radius 3 is 2.89 bits per heavy atom. The molecule has 0 amide bonds. The number of anilines is 1. The van der Waals surface area contributed by atoms with E-state index in [0.29, 0.717) is 10.7 Å².